The van der Waals surface area contributed by atoms with E-state index in [1.54, 1.807) is 0 Å². The van der Waals surface area contributed by atoms with E-state index in [4.69, 9.17) is 0 Å². The minimum Gasteiger partial charge on any atom is -0.356 e. The van der Waals surface area contributed by atoms with E-state index in [2.05, 4.69) is 41.4 Å². The minimum atomic E-state index is 0.757. The number of nitrogens with zero attached hydrogens (tertiary/aromatic N) is 2. The molecule has 0 amide bonds. The average molecular weight is 268 g/mol. The fourth-order valence-corrected chi connectivity index (χ4v) is 2.62. The molecular weight excluding hydrogens is 236 g/mol. The molecule has 0 aromatic heterocycles. The Morgan fingerprint density at radius 3 is 2.79 bits per heavy atom. The molecule has 0 saturated carbocycles. The molecular formula is C15H32N4. The predicted octanol–water partition coefficient (Wildman–Crippen LogP) is 1.93. The van der Waals surface area contributed by atoms with Crippen LogP contribution in [0.3, 0.4) is 0 Å². The molecule has 4 heteroatoms. The summed E-state index contributed by atoms with van der Waals surface area (Å²) in [5.74, 6) is 2.50. The summed E-state index contributed by atoms with van der Waals surface area (Å²) in [7, 11) is 4.07. The molecule has 1 aliphatic rings. The number of piperidine rings is 1. The van der Waals surface area contributed by atoms with Gasteiger partial charge in [-0.2, -0.15) is 0 Å². The fourth-order valence-electron chi connectivity index (χ4n) is 2.62. The molecule has 2 N–H and O–H groups in total. The first-order chi connectivity index (χ1) is 9.11. The molecule has 1 aliphatic heterocycles. The Hall–Kier alpha value is -0.770. The van der Waals surface area contributed by atoms with Crippen molar-refractivity contribution in [2.45, 2.75) is 39.5 Å². The van der Waals surface area contributed by atoms with E-state index in [-0.39, 0.29) is 0 Å². The maximum Gasteiger partial charge on any atom is 0.190 e. The molecule has 0 aliphatic carbocycles. The van der Waals surface area contributed by atoms with Crippen LogP contribution in [0.2, 0.25) is 0 Å². The largest absolute Gasteiger partial charge is 0.356 e. The van der Waals surface area contributed by atoms with E-state index in [1.165, 1.54) is 38.8 Å². The van der Waals surface area contributed by atoms with Gasteiger partial charge in [-0.3, -0.25) is 4.99 Å². The fraction of sp³-hybridized carbons (Fsp3) is 0.933. The monoisotopic (exact) mass is 268 g/mol. The highest BCUT2D eigenvalue weighted by molar-refractivity contribution is 5.79. The van der Waals surface area contributed by atoms with Crippen molar-refractivity contribution < 1.29 is 0 Å². The SMILES string of the molecule is CN=C(NCCCC(C)C)NCC1CCCN(C)C1. The highest BCUT2D eigenvalue weighted by Gasteiger charge is 2.16. The lowest BCUT2D eigenvalue weighted by Gasteiger charge is -2.30. The van der Waals surface area contributed by atoms with Crippen LogP contribution in [0.25, 0.3) is 0 Å². The lowest BCUT2D eigenvalue weighted by atomic mass is 9.99. The van der Waals surface area contributed by atoms with Gasteiger partial charge in [0.2, 0.25) is 0 Å². The number of rotatable bonds is 6. The second-order valence-corrected chi connectivity index (χ2v) is 6.19. The van der Waals surface area contributed by atoms with Crippen LogP contribution in [0, 0.1) is 11.8 Å². The van der Waals surface area contributed by atoms with Crippen molar-refractivity contribution in [3.8, 4) is 0 Å². The van der Waals surface area contributed by atoms with Gasteiger partial charge in [0.25, 0.3) is 0 Å². The molecule has 1 atom stereocenters. The molecule has 0 aromatic rings. The van der Waals surface area contributed by atoms with Crippen LogP contribution in [0.4, 0.5) is 0 Å². The second kappa shape index (κ2) is 9.18. The molecule has 0 aromatic carbocycles. The smallest absolute Gasteiger partial charge is 0.190 e. The second-order valence-electron chi connectivity index (χ2n) is 6.19. The Labute approximate surface area is 119 Å². The van der Waals surface area contributed by atoms with Gasteiger partial charge in [0, 0.05) is 26.7 Å². The molecule has 1 heterocycles. The van der Waals surface area contributed by atoms with Crippen molar-refractivity contribution in [3.05, 3.63) is 0 Å². The zero-order valence-electron chi connectivity index (χ0n) is 13.2. The van der Waals surface area contributed by atoms with Crippen LogP contribution in [-0.2, 0) is 0 Å². The average Bonchev–Trinajstić information content (AvgIpc) is 2.37. The topological polar surface area (TPSA) is 39.7 Å². The van der Waals surface area contributed by atoms with Gasteiger partial charge in [0.1, 0.15) is 0 Å². The number of hydrogen-bond donors (Lipinski definition) is 2. The standard InChI is InChI=1S/C15H32N4/c1-13(2)7-5-9-17-15(16-3)18-11-14-8-6-10-19(4)12-14/h13-14H,5-12H2,1-4H3,(H2,16,17,18). The molecule has 0 radical (unpaired) electrons. The summed E-state index contributed by atoms with van der Waals surface area (Å²) in [5, 5.41) is 6.86. The van der Waals surface area contributed by atoms with E-state index >= 15 is 0 Å². The third-order valence-electron chi connectivity index (χ3n) is 3.75. The molecule has 4 nitrogen and oxygen atoms in total. The number of likely N-dealkylation sites (tertiary alicyclic amines) is 1. The van der Waals surface area contributed by atoms with E-state index in [0.717, 1.165) is 30.9 Å². The van der Waals surface area contributed by atoms with Crippen LogP contribution >= 0.6 is 0 Å². The van der Waals surface area contributed by atoms with E-state index < -0.39 is 0 Å². The summed E-state index contributed by atoms with van der Waals surface area (Å²) in [4.78, 5) is 6.71. The Morgan fingerprint density at radius 2 is 2.16 bits per heavy atom. The zero-order chi connectivity index (χ0) is 14.1. The third kappa shape index (κ3) is 7.41. The van der Waals surface area contributed by atoms with Crippen molar-refractivity contribution in [2.75, 3.05) is 40.3 Å². The molecule has 1 unspecified atom stereocenters. The summed E-state index contributed by atoms with van der Waals surface area (Å²) in [5.41, 5.74) is 0. The van der Waals surface area contributed by atoms with Gasteiger partial charge in [0.05, 0.1) is 0 Å². The Morgan fingerprint density at radius 1 is 1.37 bits per heavy atom. The van der Waals surface area contributed by atoms with Crippen LogP contribution < -0.4 is 10.6 Å². The summed E-state index contributed by atoms with van der Waals surface area (Å²) < 4.78 is 0. The van der Waals surface area contributed by atoms with Crippen molar-refractivity contribution in [3.63, 3.8) is 0 Å². The number of hydrogen-bond acceptors (Lipinski definition) is 2. The molecule has 112 valence electrons. The normalized spacial score (nSPS) is 21.7. The molecule has 0 bridgehead atoms. The number of aliphatic imine (C=N–C) groups is 1. The summed E-state index contributed by atoms with van der Waals surface area (Å²) in [6.07, 6.45) is 5.15. The van der Waals surface area contributed by atoms with Gasteiger partial charge >= 0.3 is 0 Å². The first-order valence-corrected chi connectivity index (χ1v) is 7.75. The molecule has 1 fully saturated rings. The predicted molar refractivity (Wildman–Crippen MR) is 83.7 cm³/mol. The van der Waals surface area contributed by atoms with Gasteiger partial charge in [-0.15, -0.1) is 0 Å². The van der Waals surface area contributed by atoms with E-state index in [1.807, 2.05) is 7.05 Å². The lowest BCUT2D eigenvalue weighted by molar-refractivity contribution is 0.210. The van der Waals surface area contributed by atoms with Gasteiger partial charge in [0.15, 0.2) is 5.96 Å². The van der Waals surface area contributed by atoms with Crippen molar-refractivity contribution in [2.24, 2.45) is 16.8 Å². The third-order valence-corrected chi connectivity index (χ3v) is 3.75. The maximum absolute atomic E-state index is 4.29. The van der Waals surface area contributed by atoms with Gasteiger partial charge < -0.3 is 15.5 Å². The summed E-state index contributed by atoms with van der Waals surface area (Å²) >= 11 is 0. The Bertz CT molecular complexity index is 263. The number of guanidine groups is 1. The minimum absolute atomic E-state index is 0.757. The van der Waals surface area contributed by atoms with Crippen molar-refractivity contribution in [1.29, 1.82) is 0 Å². The zero-order valence-corrected chi connectivity index (χ0v) is 13.2. The van der Waals surface area contributed by atoms with Gasteiger partial charge in [-0.05, 0) is 51.1 Å². The first kappa shape index (κ1) is 16.3. The summed E-state index contributed by atoms with van der Waals surface area (Å²) in [6.45, 7) is 9.05. The molecule has 1 saturated heterocycles. The van der Waals surface area contributed by atoms with Crippen LogP contribution in [0.5, 0.6) is 0 Å². The highest BCUT2D eigenvalue weighted by Crippen LogP contribution is 2.13. The van der Waals surface area contributed by atoms with Gasteiger partial charge in [-0.1, -0.05) is 13.8 Å². The lowest BCUT2D eigenvalue weighted by Crippen LogP contribution is -2.43. The quantitative estimate of drug-likeness (QED) is 0.439. The Balaban J connectivity index is 2.14. The van der Waals surface area contributed by atoms with Crippen LogP contribution in [0.15, 0.2) is 4.99 Å². The molecule has 19 heavy (non-hydrogen) atoms. The van der Waals surface area contributed by atoms with Crippen molar-refractivity contribution >= 4 is 5.96 Å². The molecule has 0 spiro atoms. The maximum atomic E-state index is 4.29. The van der Waals surface area contributed by atoms with E-state index in [9.17, 15) is 0 Å². The first-order valence-electron chi connectivity index (χ1n) is 7.75. The molecule has 1 rings (SSSR count). The summed E-state index contributed by atoms with van der Waals surface area (Å²) in [6, 6.07) is 0. The van der Waals surface area contributed by atoms with Crippen LogP contribution in [-0.4, -0.2) is 51.1 Å². The highest BCUT2D eigenvalue weighted by atomic mass is 15.2. The number of nitrogens with one attached hydrogen (secondary N) is 2. The van der Waals surface area contributed by atoms with E-state index in [0.29, 0.717) is 0 Å². The van der Waals surface area contributed by atoms with Crippen molar-refractivity contribution in [1.82, 2.24) is 15.5 Å². The van der Waals surface area contributed by atoms with Crippen LogP contribution in [0.1, 0.15) is 39.5 Å². The van der Waals surface area contributed by atoms with Gasteiger partial charge in [-0.25, -0.2) is 0 Å². The Kier molecular flexibility index (Phi) is 7.87.